The summed E-state index contributed by atoms with van der Waals surface area (Å²) in [5, 5.41) is 16.7. The third-order valence-electron chi connectivity index (χ3n) is 6.04. The van der Waals surface area contributed by atoms with Gasteiger partial charge in [0.05, 0.1) is 5.56 Å². The van der Waals surface area contributed by atoms with Gasteiger partial charge in [-0.2, -0.15) is 0 Å². The molecule has 0 aliphatic rings. The molecule has 1 aromatic carbocycles. The van der Waals surface area contributed by atoms with Gasteiger partial charge in [0.15, 0.2) is 0 Å². The largest absolute Gasteiger partial charge is 0.478 e. The zero-order valence-electron chi connectivity index (χ0n) is 21.6. The number of aliphatic carboxylic acids is 1. The van der Waals surface area contributed by atoms with Crippen LogP contribution < -0.4 is 27.2 Å². The average molecular weight is 526 g/mol. The first-order valence-electron chi connectivity index (χ1n) is 12.5. The highest BCUT2D eigenvalue weighted by molar-refractivity contribution is 6.03. The molecule has 0 aliphatic heterocycles. The molecule has 0 aliphatic carbocycles. The summed E-state index contributed by atoms with van der Waals surface area (Å²) < 4.78 is 1.19. The minimum Gasteiger partial charge on any atom is -0.478 e. The van der Waals surface area contributed by atoms with E-state index in [0.717, 1.165) is 18.9 Å². The molecule has 0 radical (unpaired) electrons. The van der Waals surface area contributed by atoms with Gasteiger partial charge in [-0.05, 0) is 43.0 Å². The molecule has 1 aromatic heterocycles. The van der Waals surface area contributed by atoms with Gasteiger partial charge < -0.3 is 31.4 Å². The zero-order valence-corrected chi connectivity index (χ0v) is 21.6. The number of carbonyl (C=O) groups excluding carboxylic acids is 3. The Bertz CT molecular complexity index is 1220. The number of allylic oxidation sites excluding steroid dienone is 1. The fourth-order valence-electron chi connectivity index (χ4n) is 3.68. The quantitative estimate of drug-likeness (QED) is 0.186. The Hall–Kier alpha value is -4.41. The van der Waals surface area contributed by atoms with Gasteiger partial charge in [0.25, 0.3) is 11.5 Å². The van der Waals surface area contributed by atoms with Crippen LogP contribution in [0, 0.1) is 5.92 Å². The normalized spacial score (nSPS) is 11.8. The highest BCUT2D eigenvalue weighted by Crippen LogP contribution is 2.12. The number of nitrogens with zero attached hydrogens (tertiary/aromatic N) is 1. The van der Waals surface area contributed by atoms with Crippen molar-refractivity contribution in [2.45, 2.75) is 52.1 Å². The fourth-order valence-corrected chi connectivity index (χ4v) is 3.68. The number of carboxylic acids is 1. The maximum atomic E-state index is 13.1. The van der Waals surface area contributed by atoms with E-state index < -0.39 is 29.4 Å². The molecule has 0 fully saturated rings. The van der Waals surface area contributed by atoms with E-state index in [1.165, 1.54) is 35.0 Å². The minimum atomic E-state index is -1.14. The minimum absolute atomic E-state index is 0.0630. The van der Waals surface area contributed by atoms with Gasteiger partial charge in [-0.3, -0.25) is 19.2 Å². The molecule has 204 valence electrons. The first-order valence-corrected chi connectivity index (χ1v) is 12.5. The van der Waals surface area contributed by atoms with Crippen molar-refractivity contribution in [3.63, 3.8) is 0 Å². The number of nitrogens with one attached hydrogen (secondary N) is 3. The maximum Gasteiger partial charge on any atom is 0.327 e. The first kappa shape index (κ1) is 29.8. The van der Waals surface area contributed by atoms with Crippen molar-refractivity contribution in [2.24, 2.45) is 5.92 Å². The van der Waals surface area contributed by atoms with Crippen LogP contribution in [0.2, 0.25) is 0 Å². The third-order valence-corrected chi connectivity index (χ3v) is 6.04. The number of hydrogen-bond acceptors (Lipinski definition) is 6. The van der Waals surface area contributed by atoms with Crippen LogP contribution in [0.15, 0.2) is 59.5 Å². The second-order valence-electron chi connectivity index (χ2n) is 8.76. The molecule has 1 atom stereocenters. The van der Waals surface area contributed by atoms with E-state index in [2.05, 4.69) is 16.0 Å². The monoisotopic (exact) mass is 525 g/mol. The highest BCUT2D eigenvalue weighted by atomic mass is 16.4. The summed E-state index contributed by atoms with van der Waals surface area (Å²) in [7, 11) is 0. The number of pyridine rings is 1. The summed E-state index contributed by atoms with van der Waals surface area (Å²) in [5.74, 6) is -2.38. The van der Waals surface area contributed by atoms with Crippen molar-refractivity contribution >= 4 is 35.1 Å². The lowest BCUT2D eigenvalue weighted by Gasteiger charge is -2.19. The van der Waals surface area contributed by atoms with E-state index in [1.807, 2.05) is 13.8 Å². The van der Waals surface area contributed by atoms with Gasteiger partial charge in [-0.1, -0.05) is 44.9 Å². The van der Waals surface area contributed by atoms with Crippen molar-refractivity contribution in [3.05, 3.63) is 70.7 Å². The van der Waals surface area contributed by atoms with Gasteiger partial charge in [0.1, 0.15) is 18.3 Å². The molecule has 2 rings (SSSR count). The molecule has 3 amide bonds. The van der Waals surface area contributed by atoms with Gasteiger partial charge in [-0.25, -0.2) is 4.79 Å². The van der Waals surface area contributed by atoms with Crippen molar-refractivity contribution in [3.8, 4) is 0 Å². The Kier molecular flexibility index (Phi) is 11.8. The van der Waals surface area contributed by atoms with E-state index in [1.54, 1.807) is 18.2 Å². The number of aromatic nitrogens is 1. The van der Waals surface area contributed by atoms with E-state index >= 15 is 0 Å². The molecule has 1 heterocycles. The molecule has 0 saturated carbocycles. The lowest BCUT2D eigenvalue weighted by molar-refractivity contribution is -0.131. The van der Waals surface area contributed by atoms with Gasteiger partial charge in [0, 0.05) is 24.5 Å². The van der Waals surface area contributed by atoms with Crippen LogP contribution in [-0.2, 0) is 20.9 Å². The van der Waals surface area contributed by atoms with E-state index in [-0.39, 0.29) is 42.2 Å². The van der Waals surface area contributed by atoms with Crippen molar-refractivity contribution < 1.29 is 24.3 Å². The fraction of sp³-hybridized carbons (Fsp3) is 0.370. The number of carboxylic acid groups (broad SMARTS) is 1. The van der Waals surface area contributed by atoms with Crippen LogP contribution in [0.3, 0.4) is 0 Å². The Balaban J connectivity index is 2.16. The van der Waals surface area contributed by atoms with Crippen LogP contribution in [0.25, 0.3) is 0 Å². The number of rotatable bonds is 14. The molecule has 1 unspecified atom stereocenters. The second-order valence-corrected chi connectivity index (χ2v) is 8.76. The lowest BCUT2D eigenvalue weighted by Crippen LogP contribution is -2.45. The number of para-hydroxylation sites is 1. The van der Waals surface area contributed by atoms with Crippen LogP contribution in [-0.4, -0.2) is 46.0 Å². The lowest BCUT2D eigenvalue weighted by atomic mass is 10.0. The van der Waals surface area contributed by atoms with Crippen molar-refractivity contribution in [2.75, 3.05) is 17.6 Å². The van der Waals surface area contributed by atoms with E-state index in [9.17, 15) is 24.0 Å². The Morgan fingerprint density at radius 2 is 1.79 bits per heavy atom. The Labute approximate surface area is 221 Å². The second kappa shape index (κ2) is 15.0. The Morgan fingerprint density at radius 1 is 1.08 bits per heavy atom. The number of hydrogen-bond donors (Lipinski definition) is 5. The molecule has 6 N–H and O–H groups in total. The Morgan fingerprint density at radius 3 is 2.45 bits per heavy atom. The molecule has 11 nitrogen and oxygen atoms in total. The smallest absolute Gasteiger partial charge is 0.327 e. The molecule has 2 aromatic rings. The first-order chi connectivity index (χ1) is 18.2. The third kappa shape index (κ3) is 9.23. The molecule has 38 heavy (non-hydrogen) atoms. The predicted molar refractivity (Wildman–Crippen MR) is 145 cm³/mol. The molecule has 11 heteroatoms. The summed E-state index contributed by atoms with van der Waals surface area (Å²) in [6.45, 7) is 4.39. The number of anilines is 2. The van der Waals surface area contributed by atoms with Crippen LogP contribution in [0.4, 0.5) is 11.4 Å². The van der Waals surface area contributed by atoms with Gasteiger partial charge >= 0.3 is 5.97 Å². The van der Waals surface area contributed by atoms with E-state index in [0.29, 0.717) is 12.5 Å². The number of nitrogen functional groups attached to an aromatic ring is 1. The number of nitrogens with two attached hydrogens (primary N) is 1. The summed E-state index contributed by atoms with van der Waals surface area (Å²) in [6.07, 6.45) is 5.84. The van der Waals surface area contributed by atoms with Crippen LogP contribution >= 0.6 is 0 Å². The summed E-state index contributed by atoms with van der Waals surface area (Å²) in [4.78, 5) is 61.9. The SMILES string of the molecule is CCC(CC)CNC(=O)Cn1cccc(NC(=O)C(CCC=CC(=O)O)NC(=O)c2ccccc2N)c1=O. The van der Waals surface area contributed by atoms with Crippen LogP contribution in [0.5, 0.6) is 0 Å². The van der Waals surface area contributed by atoms with Crippen molar-refractivity contribution in [1.29, 1.82) is 0 Å². The maximum absolute atomic E-state index is 13.1. The molecule has 0 spiro atoms. The summed E-state index contributed by atoms with van der Waals surface area (Å²) in [6, 6.07) is 8.18. The number of amides is 3. The molecular formula is C27H35N5O6. The van der Waals surface area contributed by atoms with Crippen molar-refractivity contribution in [1.82, 2.24) is 15.2 Å². The molecule has 0 saturated heterocycles. The van der Waals surface area contributed by atoms with Gasteiger partial charge in [0.2, 0.25) is 11.8 Å². The topological polar surface area (TPSA) is 173 Å². The average Bonchev–Trinajstić information content (AvgIpc) is 2.88. The molecule has 0 bridgehead atoms. The number of carbonyl (C=O) groups is 4. The van der Waals surface area contributed by atoms with Crippen LogP contribution in [0.1, 0.15) is 49.9 Å². The van der Waals surface area contributed by atoms with Gasteiger partial charge in [-0.15, -0.1) is 0 Å². The highest BCUT2D eigenvalue weighted by Gasteiger charge is 2.23. The summed E-state index contributed by atoms with van der Waals surface area (Å²) >= 11 is 0. The molecular weight excluding hydrogens is 490 g/mol. The predicted octanol–water partition coefficient (Wildman–Crippen LogP) is 2.14. The standard InChI is InChI=1S/C27H35N5O6/c1-3-18(4-2)16-29-23(33)17-32-15-9-13-22(27(32)38)31-26(37)21(12-7-8-14-24(34)35)30-25(36)19-10-5-6-11-20(19)28/h5-6,8-11,13-15,18,21H,3-4,7,12,16-17,28H2,1-2H3,(H,29,33)(H,30,36)(H,31,37)(H,34,35). The number of benzene rings is 1. The van der Waals surface area contributed by atoms with E-state index in [4.69, 9.17) is 10.8 Å². The zero-order chi connectivity index (χ0) is 28.1. The summed E-state index contributed by atoms with van der Waals surface area (Å²) in [5.41, 5.74) is 5.62.